The fourth-order valence-corrected chi connectivity index (χ4v) is 4.46. The van der Waals surface area contributed by atoms with Crippen LogP contribution in [0.1, 0.15) is 32.3 Å². The molecule has 1 fully saturated rings. The molecule has 176 valence electrons. The second-order valence-corrected chi connectivity index (χ2v) is 9.89. The summed E-state index contributed by atoms with van der Waals surface area (Å²) in [5, 5.41) is 22.1. The zero-order valence-corrected chi connectivity index (χ0v) is 20.0. The molecular formula is C29H24N6O. The minimum absolute atomic E-state index is 0.0607. The van der Waals surface area contributed by atoms with Crippen LogP contribution in [0.2, 0.25) is 0 Å². The number of amides is 1. The first-order chi connectivity index (χ1) is 17.4. The van der Waals surface area contributed by atoms with Gasteiger partial charge in [0.1, 0.15) is 5.69 Å². The number of carbonyl (C=O) groups excluding carboxylic acids is 1. The van der Waals surface area contributed by atoms with E-state index >= 15 is 0 Å². The highest BCUT2D eigenvalue weighted by atomic mass is 16.2. The van der Waals surface area contributed by atoms with Crippen LogP contribution in [-0.2, 0) is 10.2 Å². The van der Waals surface area contributed by atoms with Crippen molar-refractivity contribution in [2.75, 3.05) is 5.32 Å². The van der Waals surface area contributed by atoms with Crippen molar-refractivity contribution < 1.29 is 4.79 Å². The SMILES string of the molecule is CC(C)(C#N)c1ccc(-c2n[nH]c3cnc4ccc(-c5cncc(NC(=O)C6CC6)c5)cc4c23)cc1. The molecule has 3 heterocycles. The van der Waals surface area contributed by atoms with Crippen molar-refractivity contribution in [1.29, 1.82) is 5.26 Å². The van der Waals surface area contributed by atoms with Crippen molar-refractivity contribution in [2.45, 2.75) is 32.1 Å². The van der Waals surface area contributed by atoms with Crippen molar-refractivity contribution in [3.63, 3.8) is 0 Å². The number of carbonyl (C=O) groups is 1. The highest BCUT2D eigenvalue weighted by Crippen LogP contribution is 2.35. The summed E-state index contributed by atoms with van der Waals surface area (Å²) in [4.78, 5) is 21.2. The van der Waals surface area contributed by atoms with E-state index in [1.165, 1.54) is 0 Å². The van der Waals surface area contributed by atoms with Crippen LogP contribution in [-0.4, -0.2) is 26.1 Å². The van der Waals surface area contributed by atoms with Gasteiger partial charge in [0, 0.05) is 34.0 Å². The summed E-state index contributed by atoms with van der Waals surface area (Å²) in [5.41, 5.74) is 6.50. The summed E-state index contributed by atoms with van der Waals surface area (Å²) >= 11 is 0. The molecule has 0 atom stereocenters. The van der Waals surface area contributed by atoms with E-state index in [0.717, 1.165) is 62.6 Å². The van der Waals surface area contributed by atoms with E-state index in [9.17, 15) is 10.1 Å². The average Bonchev–Trinajstić information content (AvgIpc) is 3.67. The Morgan fingerprint density at radius 2 is 1.81 bits per heavy atom. The molecule has 0 aliphatic heterocycles. The molecule has 0 unspecified atom stereocenters. The molecule has 1 saturated carbocycles. The molecule has 1 amide bonds. The third-order valence-corrected chi connectivity index (χ3v) is 6.84. The normalized spacial score (nSPS) is 13.6. The molecule has 1 aliphatic carbocycles. The minimum Gasteiger partial charge on any atom is -0.324 e. The van der Waals surface area contributed by atoms with Crippen molar-refractivity contribution >= 4 is 33.4 Å². The monoisotopic (exact) mass is 472 g/mol. The zero-order chi connectivity index (χ0) is 24.9. The van der Waals surface area contributed by atoms with Crippen LogP contribution in [0, 0.1) is 17.2 Å². The van der Waals surface area contributed by atoms with Gasteiger partial charge in [-0.1, -0.05) is 30.3 Å². The molecule has 5 aromatic rings. The number of aromatic nitrogens is 4. The quantitative estimate of drug-likeness (QED) is 0.327. The van der Waals surface area contributed by atoms with Gasteiger partial charge in [-0.2, -0.15) is 10.4 Å². The summed E-state index contributed by atoms with van der Waals surface area (Å²) in [6.07, 6.45) is 7.19. The zero-order valence-electron chi connectivity index (χ0n) is 20.0. The van der Waals surface area contributed by atoms with Crippen LogP contribution >= 0.6 is 0 Å². The molecule has 1 aliphatic rings. The summed E-state index contributed by atoms with van der Waals surface area (Å²) in [6.45, 7) is 3.82. The Bertz CT molecular complexity index is 1670. The molecule has 36 heavy (non-hydrogen) atoms. The first-order valence-corrected chi connectivity index (χ1v) is 12.0. The van der Waals surface area contributed by atoms with E-state index in [2.05, 4.69) is 37.6 Å². The van der Waals surface area contributed by atoms with E-state index in [1.807, 2.05) is 56.3 Å². The summed E-state index contributed by atoms with van der Waals surface area (Å²) in [5.74, 6) is 0.193. The Morgan fingerprint density at radius 3 is 2.56 bits per heavy atom. The predicted molar refractivity (Wildman–Crippen MR) is 140 cm³/mol. The Labute approximate surface area is 208 Å². The minimum atomic E-state index is -0.557. The molecule has 0 saturated heterocycles. The number of aromatic amines is 1. The maximum atomic E-state index is 12.2. The topological polar surface area (TPSA) is 107 Å². The Morgan fingerprint density at radius 1 is 1.03 bits per heavy atom. The molecule has 6 rings (SSSR count). The van der Waals surface area contributed by atoms with Gasteiger partial charge in [-0.25, -0.2) is 0 Å². The van der Waals surface area contributed by atoms with Gasteiger partial charge in [0.25, 0.3) is 0 Å². The maximum absolute atomic E-state index is 12.2. The summed E-state index contributed by atoms with van der Waals surface area (Å²) in [6, 6.07) is 18.4. The number of fused-ring (bicyclic) bond motifs is 3. The largest absolute Gasteiger partial charge is 0.324 e. The van der Waals surface area contributed by atoms with Crippen LogP contribution in [0.3, 0.4) is 0 Å². The second kappa shape index (κ2) is 8.28. The van der Waals surface area contributed by atoms with E-state index in [0.29, 0.717) is 5.69 Å². The first kappa shape index (κ1) is 21.9. The van der Waals surface area contributed by atoms with Crippen LogP contribution in [0.15, 0.2) is 67.1 Å². The highest BCUT2D eigenvalue weighted by molar-refractivity contribution is 6.11. The number of benzene rings is 2. The van der Waals surface area contributed by atoms with Gasteiger partial charge in [0.15, 0.2) is 0 Å². The average molecular weight is 473 g/mol. The Balaban J connectivity index is 1.43. The predicted octanol–water partition coefficient (Wildman–Crippen LogP) is 5.99. The number of H-pyrrole nitrogens is 1. The summed E-state index contributed by atoms with van der Waals surface area (Å²) < 4.78 is 0. The molecule has 7 nitrogen and oxygen atoms in total. The number of nitrogens with one attached hydrogen (secondary N) is 2. The van der Waals surface area contributed by atoms with Gasteiger partial charge in [-0.05, 0) is 56.0 Å². The lowest BCUT2D eigenvalue weighted by molar-refractivity contribution is -0.117. The van der Waals surface area contributed by atoms with E-state index in [4.69, 9.17) is 0 Å². The molecule has 0 spiro atoms. The van der Waals surface area contributed by atoms with Gasteiger partial charge in [-0.15, -0.1) is 0 Å². The van der Waals surface area contributed by atoms with Crippen molar-refractivity contribution in [2.24, 2.45) is 5.92 Å². The van der Waals surface area contributed by atoms with Crippen molar-refractivity contribution in [3.05, 3.63) is 72.7 Å². The van der Waals surface area contributed by atoms with Crippen LogP contribution in [0.5, 0.6) is 0 Å². The third kappa shape index (κ3) is 3.87. The number of hydrogen-bond donors (Lipinski definition) is 2. The van der Waals surface area contributed by atoms with Gasteiger partial charge < -0.3 is 5.32 Å². The Hall–Kier alpha value is -4.57. The molecule has 7 heteroatoms. The van der Waals surface area contributed by atoms with Crippen molar-refractivity contribution in [3.8, 4) is 28.5 Å². The van der Waals surface area contributed by atoms with Gasteiger partial charge in [-0.3, -0.25) is 19.9 Å². The second-order valence-electron chi connectivity index (χ2n) is 9.89. The highest BCUT2D eigenvalue weighted by Gasteiger charge is 2.29. The lowest BCUT2D eigenvalue weighted by Crippen LogP contribution is -2.13. The van der Waals surface area contributed by atoms with Gasteiger partial charge >= 0.3 is 0 Å². The fraction of sp³-hybridized carbons (Fsp3) is 0.207. The summed E-state index contributed by atoms with van der Waals surface area (Å²) in [7, 11) is 0. The Kier molecular flexibility index (Phi) is 5.04. The van der Waals surface area contributed by atoms with Crippen LogP contribution < -0.4 is 5.32 Å². The molecule has 3 aromatic heterocycles. The number of rotatable bonds is 5. The lowest BCUT2D eigenvalue weighted by atomic mass is 9.86. The fourth-order valence-electron chi connectivity index (χ4n) is 4.46. The number of hydrogen-bond acceptors (Lipinski definition) is 5. The number of pyridine rings is 2. The molecular weight excluding hydrogens is 448 g/mol. The van der Waals surface area contributed by atoms with Gasteiger partial charge in [0.05, 0.1) is 40.6 Å². The molecule has 2 N–H and O–H groups in total. The van der Waals surface area contributed by atoms with Crippen LogP contribution in [0.25, 0.3) is 44.2 Å². The molecule has 2 aromatic carbocycles. The number of nitrogens with zero attached hydrogens (tertiary/aromatic N) is 4. The van der Waals surface area contributed by atoms with Gasteiger partial charge in [0.2, 0.25) is 5.91 Å². The first-order valence-electron chi connectivity index (χ1n) is 12.0. The van der Waals surface area contributed by atoms with E-state index in [-0.39, 0.29) is 11.8 Å². The third-order valence-electron chi connectivity index (χ3n) is 6.84. The van der Waals surface area contributed by atoms with Crippen molar-refractivity contribution in [1.82, 2.24) is 20.2 Å². The maximum Gasteiger partial charge on any atom is 0.227 e. The smallest absolute Gasteiger partial charge is 0.227 e. The lowest BCUT2D eigenvalue weighted by Gasteiger charge is -2.15. The van der Waals surface area contributed by atoms with Crippen LogP contribution in [0.4, 0.5) is 5.69 Å². The standard InChI is InChI=1S/C29H24N6O/c1-29(2,16-30)21-8-5-17(6-9-21)27-26-23-12-19(7-10-24(23)32-15-25(26)34-35-27)20-11-22(14-31-13-20)33-28(36)18-3-4-18/h5-15,18H,3-4H2,1-2H3,(H,33,36)(H,34,35). The van der Waals surface area contributed by atoms with E-state index < -0.39 is 5.41 Å². The number of nitriles is 1. The molecule has 0 bridgehead atoms. The molecule has 0 radical (unpaired) electrons. The number of anilines is 1. The van der Waals surface area contributed by atoms with E-state index in [1.54, 1.807) is 18.6 Å².